The molecule has 1 aliphatic rings. The van der Waals surface area contributed by atoms with E-state index in [1.807, 2.05) is 24.3 Å². The lowest BCUT2D eigenvalue weighted by Crippen LogP contribution is -2.29. The fourth-order valence-corrected chi connectivity index (χ4v) is 2.31. The maximum absolute atomic E-state index is 12.0. The highest BCUT2D eigenvalue weighted by Gasteiger charge is 2.29. The predicted molar refractivity (Wildman–Crippen MR) is 76.9 cm³/mol. The molecule has 0 spiro atoms. The molecule has 0 saturated carbocycles. The molecule has 108 valence electrons. The molecule has 2 amide bonds. The van der Waals surface area contributed by atoms with Crippen LogP contribution in [0, 0.1) is 5.41 Å². The van der Waals surface area contributed by atoms with Gasteiger partial charge in [-0.25, -0.2) is 4.79 Å². The van der Waals surface area contributed by atoms with Crippen LogP contribution in [0.4, 0.5) is 10.5 Å². The first-order chi connectivity index (χ1) is 9.31. The predicted octanol–water partition coefficient (Wildman–Crippen LogP) is 2.21. The van der Waals surface area contributed by atoms with Crippen LogP contribution in [0.3, 0.4) is 0 Å². The zero-order valence-electron chi connectivity index (χ0n) is 12.1. The number of carboxylic acids is 1. The molecule has 1 aromatic rings. The lowest BCUT2D eigenvalue weighted by Gasteiger charge is -2.21. The average molecular weight is 276 g/mol. The third-order valence-corrected chi connectivity index (χ3v) is 3.66. The number of hydrogen-bond donors (Lipinski definition) is 1. The Kier molecular flexibility index (Phi) is 3.70. The highest BCUT2D eigenvalue weighted by molar-refractivity contribution is 5.94. The Labute approximate surface area is 118 Å². The minimum Gasteiger partial charge on any atom is -0.481 e. The second-order valence-electron chi connectivity index (χ2n) is 5.89. The van der Waals surface area contributed by atoms with Crippen molar-refractivity contribution in [3.63, 3.8) is 0 Å². The Hall–Kier alpha value is -2.04. The zero-order chi connectivity index (χ0) is 14.9. The van der Waals surface area contributed by atoms with Gasteiger partial charge >= 0.3 is 12.0 Å². The van der Waals surface area contributed by atoms with Gasteiger partial charge in [0, 0.05) is 25.8 Å². The van der Waals surface area contributed by atoms with Crippen LogP contribution in [-0.2, 0) is 11.2 Å². The molecule has 1 aliphatic heterocycles. The first kappa shape index (κ1) is 14.4. The summed E-state index contributed by atoms with van der Waals surface area (Å²) in [5.41, 5.74) is 0.944. The van der Waals surface area contributed by atoms with E-state index in [0.29, 0.717) is 19.5 Å². The van der Waals surface area contributed by atoms with Gasteiger partial charge in [0.1, 0.15) is 0 Å². The van der Waals surface area contributed by atoms with E-state index >= 15 is 0 Å². The molecule has 0 aromatic heterocycles. The Morgan fingerprint density at radius 3 is 2.60 bits per heavy atom. The number of aliphatic carboxylic acids is 1. The minimum absolute atomic E-state index is 0.0142. The summed E-state index contributed by atoms with van der Waals surface area (Å²) >= 11 is 0. The van der Waals surface area contributed by atoms with Gasteiger partial charge in [-0.05, 0) is 38.0 Å². The second-order valence-corrected chi connectivity index (χ2v) is 5.89. The van der Waals surface area contributed by atoms with E-state index in [-0.39, 0.29) is 6.03 Å². The number of carbonyl (C=O) groups is 2. The number of anilines is 1. The summed E-state index contributed by atoms with van der Waals surface area (Å²) in [7, 11) is 1.78. The van der Waals surface area contributed by atoms with E-state index in [9.17, 15) is 14.7 Å². The van der Waals surface area contributed by atoms with Crippen molar-refractivity contribution in [3.8, 4) is 0 Å². The molecule has 1 heterocycles. The van der Waals surface area contributed by atoms with Crippen molar-refractivity contribution in [2.24, 2.45) is 5.41 Å². The van der Waals surface area contributed by atoms with E-state index in [2.05, 4.69) is 0 Å². The quantitative estimate of drug-likeness (QED) is 0.917. The third kappa shape index (κ3) is 2.76. The van der Waals surface area contributed by atoms with Crippen LogP contribution in [0.25, 0.3) is 0 Å². The summed E-state index contributed by atoms with van der Waals surface area (Å²) in [6.07, 6.45) is 0.439. The molecular formula is C15H20N2O3. The maximum Gasteiger partial charge on any atom is 0.324 e. The minimum atomic E-state index is -0.820. The van der Waals surface area contributed by atoms with Gasteiger partial charge in [0.15, 0.2) is 0 Å². The van der Waals surface area contributed by atoms with Crippen LogP contribution in [0.1, 0.15) is 19.4 Å². The highest BCUT2D eigenvalue weighted by atomic mass is 16.4. The normalized spacial score (nSPS) is 15.8. The van der Waals surface area contributed by atoms with Crippen molar-refractivity contribution in [3.05, 3.63) is 29.8 Å². The maximum atomic E-state index is 12.0. The molecular weight excluding hydrogens is 256 g/mol. The van der Waals surface area contributed by atoms with Gasteiger partial charge in [-0.1, -0.05) is 12.1 Å². The van der Waals surface area contributed by atoms with E-state index in [4.69, 9.17) is 0 Å². The number of urea groups is 1. The number of benzene rings is 1. The van der Waals surface area contributed by atoms with Crippen LogP contribution in [0.15, 0.2) is 24.3 Å². The molecule has 0 aliphatic carbocycles. The van der Waals surface area contributed by atoms with Gasteiger partial charge in [0.2, 0.25) is 0 Å². The Bertz CT molecular complexity index is 540. The van der Waals surface area contributed by atoms with Crippen LogP contribution in [-0.4, -0.2) is 42.1 Å². The first-order valence-electron chi connectivity index (χ1n) is 6.66. The molecule has 5 nitrogen and oxygen atoms in total. The first-order valence-corrected chi connectivity index (χ1v) is 6.66. The van der Waals surface area contributed by atoms with Gasteiger partial charge in [0.05, 0.1) is 5.41 Å². The Morgan fingerprint density at radius 2 is 2.05 bits per heavy atom. The summed E-state index contributed by atoms with van der Waals surface area (Å²) in [5, 5.41) is 9.19. The molecule has 1 fully saturated rings. The third-order valence-electron chi connectivity index (χ3n) is 3.66. The van der Waals surface area contributed by atoms with E-state index in [0.717, 1.165) is 11.3 Å². The molecule has 0 unspecified atom stereocenters. The number of rotatable bonds is 4. The summed E-state index contributed by atoms with van der Waals surface area (Å²) in [6.45, 7) is 4.79. The van der Waals surface area contributed by atoms with Crippen LogP contribution in [0.5, 0.6) is 0 Å². The number of hydrogen-bond acceptors (Lipinski definition) is 2. The van der Waals surface area contributed by atoms with Crippen LogP contribution < -0.4 is 4.90 Å². The summed E-state index contributed by atoms with van der Waals surface area (Å²) in [5.74, 6) is -0.820. The SMILES string of the molecule is CN1CCN(c2cccc(CC(C)(C)C(=O)O)c2)C1=O. The number of amides is 2. The van der Waals surface area contributed by atoms with E-state index in [1.165, 1.54) is 0 Å². The molecule has 1 aromatic carbocycles. The monoisotopic (exact) mass is 276 g/mol. The topological polar surface area (TPSA) is 60.9 Å². The molecule has 5 heteroatoms. The zero-order valence-corrected chi connectivity index (χ0v) is 12.1. The molecule has 20 heavy (non-hydrogen) atoms. The summed E-state index contributed by atoms with van der Waals surface area (Å²) in [6, 6.07) is 7.54. The van der Waals surface area contributed by atoms with Crippen molar-refractivity contribution >= 4 is 17.7 Å². The highest BCUT2D eigenvalue weighted by Crippen LogP contribution is 2.26. The Morgan fingerprint density at radius 1 is 1.35 bits per heavy atom. The Balaban J connectivity index is 2.21. The smallest absolute Gasteiger partial charge is 0.324 e. The molecule has 0 radical (unpaired) electrons. The van der Waals surface area contributed by atoms with Crippen molar-refractivity contribution in [2.75, 3.05) is 25.0 Å². The second kappa shape index (κ2) is 5.15. The van der Waals surface area contributed by atoms with Gasteiger partial charge < -0.3 is 10.0 Å². The number of nitrogens with zero attached hydrogens (tertiary/aromatic N) is 2. The van der Waals surface area contributed by atoms with Gasteiger partial charge in [-0.3, -0.25) is 9.69 Å². The summed E-state index contributed by atoms with van der Waals surface area (Å²) in [4.78, 5) is 26.6. The molecule has 0 atom stereocenters. The van der Waals surface area contributed by atoms with Gasteiger partial charge in [-0.15, -0.1) is 0 Å². The van der Waals surface area contributed by atoms with E-state index in [1.54, 1.807) is 30.7 Å². The molecule has 1 saturated heterocycles. The average Bonchev–Trinajstić information content (AvgIpc) is 2.69. The molecule has 1 N–H and O–H groups in total. The van der Waals surface area contributed by atoms with Crippen molar-refractivity contribution in [1.29, 1.82) is 0 Å². The number of likely N-dealkylation sites (N-methyl/N-ethyl adjacent to an activating group) is 1. The fraction of sp³-hybridized carbons (Fsp3) is 0.467. The van der Waals surface area contributed by atoms with Crippen molar-refractivity contribution < 1.29 is 14.7 Å². The molecule has 2 rings (SSSR count). The summed E-state index contributed by atoms with van der Waals surface area (Å²) < 4.78 is 0. The van der Waals surface area contributed by atoms with Gasteiger partial charge in [0.25, 0.3) is 0 Å². The van der Waals surface area contributed by atoms with Crippen molar-refractivity contribution in [2.45, 2.75) is 20.3 Å². The lowest BCUT2D eigenvalue weighted by atomic mass is 9.86. The van der Waals surface area contributed by atoms with E-state index < -0.39 is 11.4 Å². The van der Waals surface area contributed by atoms with Crippen LogP contribution in [0.2, 0.25) is 0 Å². The van der Waals surface area contributed by atoms with Crippen molar-refractivity contribution in [1.82, 2.24) is 4.90 Å². The number of carbonyl (C=O) groups excluding carboxylic acids is 1. The lowest BCUT2D eigenvalue weighted by molar-refractivity contribution is -0.146. The van der Waals surface area contributed by atoms with Gasteiger partial charge in [-0.2, -0.15) is 0 Å². The number of carboxylic acid groups (broad SMARTS) is 1. The molecule has 0 bridgehead atoms. The fourth-order valence-electron chi connectivity index (χ4n) is 2.31. The standard InChI is InChI=1S/C15H20N2O3/c1-15(2,13(18)19)10-11-5-4-6-12(9-11)17-8-7-16(3)14(17)20/h4-6,9H,7-8,10H2,1-3H3,(H,18,19). The van der Waals surface area contributed by atoms with Crippen LogP contribution >= 0.6 is 0 Å². The largest absolute Gasteiger partial charge is 0.481 e.